The average molecular weight is 351 g/mol. The topological polar surface area (TPSA) is 66.8 Å². The van der Waals surface area contributed by atoms with E-state index in [1.165, 1.54) is 4.90 Å². The van der Waals surface area contributed by atoms with E-state index in [9.17, 15) is 14.7 Å². The maximum absolute atomic E-state index is 12.9. The second-order valence-electron chi connectivity index (χ2n) is 6.15. The molecule has 5 nitrogen and oxygen atoms in total. The molecule has 1 unspecified atom stereocenters. The van der Waals surface area contributed by atoms with Crippen LogP contribution in [-0.4, -0.2) is 23.9 Å². The molecule has 0 bridgehead atoms. The third-order valence-electron chi connectivity index (χ3n) is 4.64. The van der Waals surface area contributed by atoms with Gasteiger partial charge in [0.15, 0.2) is 11.5 Å². The summed E-state index contributed by atoms with van der Waals surface area (Å²) in [6, 6.07) is 13.9. The summed E-state index contributed by atoms with van der Waals surface area (Å²) in [4.78, 5) is 27.0. The quantitative estimate of drug-likeness (QED) is 0.888. The van der Waals surface area contributed by atoms with Crippen LogP contribution >= 0.6 is 0 Å². The minimum absolute atomic E-state index is 0.116. The normalized spacial score (nSPS) is 17.0. The van der Waals surface area contributed by atoms with Crippen LogP contribution in [0.2, 0.25) is 0 Å². The Hall–Kier alpha value is -3.08. The molecule has 3 rings (SSSR count). The molecule has 5 heteroatoms. The zero-order chi connectivity index (χ0) is 18.8. The van der Waals surface area contributed by atoms with E-state index in [0.717, 1.165) is 5.56 Å². The van der Waals surface area contributed by atoms with Gasteiger partial charge in [-0.2, -0.15) is 0 Å². The molecule has 1 aliphatic heterocycles. The van der Waals surface area contributed by atoms with Crippen LogP contribution < -0.4 is 9.64 Å². The molecule has 0 aliphatic carbocycles. The molecule has 1 N–H and O–H groups in total. The van der Waals surface area contributed by atoms with E-state index in [4.69, 9.17) is 4.74 Å². The van der Waals surface area contributed by atoms with E-state index in [2.05, 4.69) is 0 Å². The van der Waals surface area contributed by atoms with Crippen LogP contribution in [0, 0.1) is 6.92 Å². The molecule has 1 atom stereocenters. The summed E-state index contributed by atoms with van der Waals surface area (Å²) < 4.78 is 5.45. The molecular weight excluding hydrogens is 330 g/mol. The highest BCUT2D eigenvalue weighted by Crippen LogP contribution is 2.44. The van der Waals surface area contributed by atoms with Gasteiger partial charge >= 0.3 is 0 Å². The van der Waals surface area contributed by atoms with Gasteiger partial charge in [0.2, 0.25) is 0 Å². The van der Waals surface area contributed by atoms with Crippen LogP contribution in [0.5, 0.6) is 5.75 Å². The Kier molecular flexibility index (Phi) is 4.80. The van der Waals surface area contributed by atoms with Crippen LogP contribution in [0.4, 0.5) is 5.69 Å². The monoisotopic (exact) mass is 351 g/mol. The summed E-state index contributed by atoms with van der Waals surface area (Å²) >= 11 is 0. The second kappa shape index (κ2) is 7.04. The van der Waals surface area contributed by atoms with E-state index in [1.54, 1.807) is 20.1 Å². The van der Waals surface area contributed by atoms with Gasteiger partial charge in [-0.15, -0.1) is 0 Å². The number of aliphatic hydroxyl groups is 1. The van der Waals surface area contributed by atoms with Crippen LogP contribution in [0.3, 0.4) is 0 Å². The number of anilines is 1. The molecule has 1 aliphatic rings. The van der Waals surface area contributed by atoms with Gasteiger partial charge in [0.1, 0.15) is 5.75 Å². The van der Waals surface area contributed by atoms with Crippen LogP contribution in [0.25, 0.3) is 0 Å². The Morgan fingerprint density at radius 3 is 2.46 bits per heavy atom. The molecule has 1 amide bonds. The summed E-state index contributed by atoms with van der Waals surface area (Å²) in [6.07, 6.45) is 0.194. The molecule has 1 heterocycles. The molecule has 2 aromatic carbocycles. The summed E-state index contributed by atoms with van der Waals surface area (Å²) in [5, 5.41) is 10.5. The lowest BCUT2D eigenvalue weighted by Crippen LogP contribution is -2.31. The molecule has 0 fully saturated rings. The van der Waals surface area contributed by atoms with Crippen molar-refractivity contribution in [3.05, 3.63) is 71.0 Å². The largest absolute Gasteiger partial charge is 0.503 e. The molecule has 0 aromatic heterocycles. The van der Waals surface area contributed by atoms with Crippen LogP contribution in [0.15, 0.2) is 59.9 Å². The van der Waals surface area contributed by atoms with E-state index in [-0.39, 0.29) is 17.8 Å². The zero-order valence-corrected chi connectivity index (χ0v) is 15.0. The van der Waals surface area contributed by atoms with Crippen molar-refractivity contribution in [1.29, 1.82) is 0 Å². The van der Waals surface area contributed by atoms with Crippen molar-refractivity contribution in [2.75, 3.05) is 12.0 Å². The Morgan fingerprint density at radius 1 is 1.15 bits per heavy atom. The average Bonchev–Trinajstić information content (AvgIpc) is 2.92. The van der Waals surface area contributed by atoms with Gasteiger partial charge in [-0.3, -0.25) is 14.5 Å². The maximum atomic E-state index is 12.9. The number of carbonyl (C=O) groups is 2. The minimum atomic E-state index is -0.729. The number of amides is 1. The Labute approximate surface area is 152 Å². The maximum Gasteiger partial charge on any atom is 0.294 e. The fraction of sp³-hybridized carbons (Fsp3) is 0.238. The third kappa shape index (κ3) is 2.75. The van der Waals surface area contributed by atoms with Crippen molar-refractivity contribution >= 4 is 17.4 Å². The van der Waals surface area contributed by atoms with E-state index < -0.39 is 17.7 Å². The first-order valence-electron chi connectivity index (χ1n) is 8.49. The van der Waals surface area contributed by atoms with Crippen molar-refractivity contribution < 1.29 is 19.4 Å². The smallest absolute Gasteiger partial charge is 0.294 e. The number of ketones is 1. The van der Waals surface area contributed by atoms with Crippen LogP contribution in [0.1, 0.15) is 30.5 Å². The standard InChI is InChI=1S/C21H21NO4/c1-4-16(23)18-19(14-10-6-8-12-17(14)26-3)22(21(25)20(18)24)15-11-7-5-9-13(15)2/h5-12,19,24H,4H2,1-3H3. The summed E-state index contributed by atoms with van der Waals surface area (Å²) in [6.45, 7) is 3.60. The molecule has 0 radical (unpaired) electrons. The number of Topliss-reactive ketones (excluding diaryl/α,β-unsaturated/α-hetero) is 1. The molecular formula is C21H21NO4. The number of hydrogen-bond acceptors (Lipinski definition) is 4. The summed E-state index contributed by atoms with van der Waals surface area (Å²) in [5.41, 5.74) is 2.30. The van der Waals surface area contributed by atoms with Gasteiger partial charge in [0.05, 0.1) is 18.7 Å². The highest BCUT2D eigenvalue weighted by atomic mass is 16.5. The molecule has 2 aromatic rings. The predicted molar refractivity (Wildman–Crippen MR) is 99.4 cm³/mol. The van der Waals surface area contributed by atoms with Crippen molar-refractivity contribution in [2.45, 2.75) is 26.3 Å². The number of rotatable bonds is 5. The SMILES string of the molecule is CCC(=O)C1=C(O)C(=O)N(c2ccccc2C)C1c1ccccc1OC. The Bertz CT molecular complexity index is 900. The van der Waals surface area contributed by atoms with Crippen molar-refractivity contribution in [3.8, 4) is 5.75 Å². The lowest BCUT2D eigenvalue weighted by molar-refractivity contribution is -0.118. The minimum Gasteiger partial charge on any atom is -0.503 e. The summed E-state index contributed by atoms with van der Waals surface area (Å²) in [5.74, 6) is -0.772. The van der Waals surface area contributed by atoms with Gasteiger partial charge < -0.3 is 9.84 Å². The number of hydrogen-bond donors (Lipinski definition) is 1. The Morgan fingerprint density at radius 2 is 1.81 bits per heavy atom. The highest BCUT2D eigenvalue weighted by molar-refractivity contribution is 6.16. The zero-order valence-electron chi connectivity index (χ0n) is 15.0. The van der Waals surface area contributed by atoms with E-state index in [0.29, 0.717) is 17.0 Å². The van der Waals surface area contributed by atoms with Gasteiger partial charge in [0, 0.05) is 17.7 Å². The second-order valence-corrected chi connectivity index (χ2v) is 6.15. The number of aliphatic hydroxyl groups excluding tert-OH is 1. The molecule has 0 spiro atoms. The van der Waals surface area contributed by atoms with Gasteiger partial charge in [-0.1, -0.05) is 43.3 Å². The predicted octanol–water partition coefficient (Wildman–Crippen LogP) is 3.88. The first-order chi connectivity index (χ1) is 12.5. The third-order valence-corrected chi connectivity index (χ3v) is 4.64. The van der Waals surface area contributed by atoms with Crippen molar-refractivity contribution in [3.63, 3.8) is 0 Å². The number of ether oxygens (including phenoxy) is 1. The Balaban J connectivity index is 2.26. The summed E-state index contributed by atoms with van der Waals surface area (Å²) in [7, 11) is 1.54. The molecule has 0 saturated heterocycles. The van der Waals surface area contributed by atoms with Crippen molar-refractivity contribution in [1.82, 2.24) is 0 Å². The molecule has 134 valence electrons. The number of carbonyl (C=O) groups excluding carboxylic acids is 2. The lowest BCUT2D eigenvalue weighted by atomic mass is 9.94. The van der Waals surface area contributed by atoms with Gasteiger partial charge in [-0.05, 0) is 24.6 Å². The number of nitrogens with zero attached hydrogens (tertiary/aromatic N) is 1. The van der Waals surface area contributed by atoms with Crippen LogP contribution in [-0.2, 0) is 9.59 Å². The fourth-order valence-corrected chi connectivity index (χ4v) is 3.35. The number of benzene rings is 2. The highest BCUT2D eigenvalue weighted by Gasteiger charge is 2.45. The van der Waals surface area contributed by atoms with E-state index in [1.807, 2.05) is 49.4 Å². The van der Waals surface area contributed by atoms with Gasteiger partial charge in [-0.25, -0.2) is 0 Å². The fourth-order valence-electron chi connectivity index (χ4n) is 3.35. The first-order valence-corrected chi connectivity index (χ1v) is 8.49. The number of aryl methyl sites for hydroxylation is 1. The number of para-hydroxylation sites is 2. The first kappa shape index (κ1) is 17.7. The lowest BCUT2D eigenvalue weighted by Gasteiger charge is -2.29. The van der Waals surface area contributed by atoms with E-state index >= 15 is 0 Å². The number of methoxy groups -OCH3 is 1. The van der Waals surface area contributed by atoms with Crippen molar-refractivity contribution in [2.24, 2.45) is 0 Å². The molecule has 0 saturated carbocycles. The molecule has 26 heavy (non-hydrogen) atoms. The van der Waals surface area contributed by atoms with Gasteiger partial charge in [0.25, 0.3) is 5.91 Å².